The van der Waals surface area contributed by atoms with Crippen molar-refractivity contribution in [1.82, 2.24) is 89.4 Å². The molecule has 0 aliphatic heterocycles. The van der Waals surface area contributed by atoms with Crippen LogP contribution >= 0.6 is 0 Å². The fourth-order valence-corrected chi connectivity index (χ4v) is 13.4. The van der Waals surface area contributed by atoms with Crippen LogP contribution in [0.25, 0.3) is 10.9 Å². The van der Waals surface area contributed by atoms with E-state index in [1.54, 1.807) is 102 Å². The molecule has 0 bridgehead atoms. The molecule has 5 aromatic rings. The van der Waals surface area contributed by atoms with Crippen LogP contribution in [0.4, 0.5) is 0 Å². The first kappa shape index (κ1) is 111. The van der Waals surface area contributed by atoms with Gasteiger partial charge in [-0.3, -0.25) is 95.9 Å². The lowest BCUT2D eigenvalue weighted by Crippen LogP contribution is -2.62. The third-order valence-electron chi connectivity index (χ3n) is 21.1. The van der Waals surface area contributed by atoms with Crippen molar-refractivity contribution >= 4 is 135 Å². The molecule has 0 aliphatic carbocycles. The smallest absolute Gasteiger partial charge is 0.326 e. The first-order chi connectivity index (χ1) is 63.0. The van der Waals surface area contributed by atoms with Crippen molar-refractivity contribution < 1.29 is 142 Å². The lowest BCUT2D eigenvalue weighted by molar-refractivity contribution is -0.143. The number of para-hydroxylation sites is 1. The van der Waals surface area contributed by atoms with Crippen LogP contribution in [0.5, 0.6) is 5.75 Å². The Morgan fingerprint density at radius 3 is 1.22 bits per heavy atom. The predicted octanol–water partition coefficient (Wildman–Crippen LogP) is -0.792. The highest BCUT2D eigenvalue weighted by Crippen LogP contribution is 2.22. The van der Waals surface area contributed by atoms with Crippen LogP contribution in [-0.4, -0.2) is 265 Å². The number of carbonyl (C=O) groups is 21. The predicted molar refractivity (Wildman–Crippen MR) is 474 cm³/mol. The van der Waals surface area contributed by atoms with E-state index >= 15 is 0 Å². The van der Waals surface area contributed by atoms with Crippen LogP contribution in [0.2, 0.25) is 0 Å². The summed E-state index contributed by atoms with van der Waals surface area (Å²) in [6.07, 6.45) is -3.20. The molecule has 0 fully saturated rings. The second-order valence-corrected chi connectivity index (χ2v) is 32.9. The molecule has 2 aromatic heterocycles. The van der Waals surface area contributed by atoms with Crippen molar-refractivity contribution in [2.24, 2.45) is 23.7 Å². The lowest BCUT2D eigenvalue weighted by Gasteiger charge is -2.31. The third-order valence-corrected chi connectivity index (χ3v) is 21.1. The number of amides is 14. The number of nitrogens with zero attached hydrogens (tertiary/aromatic N) is 1. The summed E-state index contributed by atoms with van der Waals surface area (Å²) in [5, 5.41) is 111. The molecule has 16 unspecified atom stereocenters. The number of fused-ring (bicyclic) bond motifs is 1. The number of hydrogen-bond acceptors (Lipinski definition) is 23. The van der Waals surface area contributed by atoms with Gasteiger partial charge >= 0.3 is 35.8 Å². The first-order valence-corrected chi connectivity index (χ1v) is 43.1. The van der Waals surface area contributed by atoms with Crippen LogP contribution < -0.4 is 74.4 Å². The van der Waals surface area contributed by atoms with Crippen molar-refractivity contribution in [3.63, 3.8) is 0 Å². The Hall–Kier alpha value is -14.9. The molecule has 0 radical (unpaired) electrons. The molecular weight excluding hydrogens is 1760 g/mol. The number of carboxylic acid groups (broad SMARTS) is 7. The van der Waals surface area contributed by atoms with E-state index in [2.05, 4.69) is 84.1 Å². The zero-order chi connectivity index (χ0) is 100. The average molecular weight is 1880 g/mol. The summed E-state index contributed by atoms with van der Waals surface area (Å²) in [6, 6.07) is -2.59. The number of carbonyl (C=O) groups excluding carboxylic acids is 14. The fraction of sp³-hybridized carbons (Fsp3) is 0.500. The standard InChI is InChI=1S/C86H117N17O27.C2H4O2/c1-11-44(7)71(84(127)100-63(86(129)130)35-50-39-88-54-21-17-16-20-53(50)54)103-85(128)72(45(8)12-2)102-82(125)62(38-69(114)115)98-78(121)57(32-42(3)4)96-80(123)60(36-51-40-87-41-89-51)95-73(116)46(9)91-77(120)58(33-48-18-14-13-15-19-48)97-79(122)59(34-49-22-24-52(104)25-23-49)99-83(126)70(43(5)6)101-74(117)47(10)90-75(118)55(26-29-65(106)107)93-76(119)56(27-30-66(108)109)94-81(124)61(37-68(112)113)92-64(105)28-31-67(110)111;1-2(3)4/h13-25,39-47,55-63,70-72,88,104H,11-12,26-38H2,1-10H3,(H,87,89)(H,90,118)(H,91,120)(H,92,105)(H,93,119)(H,94,124)(H,95,116)(H,96,123)(H,97,122)(H,98,121)(H,99,126)(H,100,127)(H,101,117)(H,102,125)(H,103,128)(H,106,107)(H,108,109)(H,110,111)(H,112,113)(H,114,115)(H,129,130);1H3,(H,3,4). The molecule has 0 aliphatic rings. The molecule has 0 saturated heterocycles. The van der Waals surface area contributed by atoms with Gasteiger partial charge in [0.25, 0.3) is 5.97 Å². The van der Waals surface area contributed by atoms with Gasteiger partial charge in [-0.15, -0.1) is 0 Å². The molecule has 16 atom stereocenters. The molecule has 134 heavy (non-hydrogen) atoms. The largest absolute Gasteiger partial charge is 0.508 e. The van der Waals surface area contributed by atoms with E-state index in [1.165, 1.54) is 57.6 Å². The lowest BCUT2D eigenvalue weighted by atomic mass is 9.94. The zero-order valence-corrected chi connectivity index (χ0v) is 75.8. The van der Waals surface area contributed by atoms with Crippen LogP contribution in [0.3, 0.4) is 0 Å². The summed E-state index contributed by atoms with van der Waals surface area (Å²) >= 11 is 0. The topological polar surface area (TPSA) is 733 Å². The average Bonchev–Trinajstić information content (AvgIpc) is 1.31. The number of H-pyrrole nitrogens is 2. The number of aromatic amines is 2. The number of aromatic hydroxyl groups is 1. The van der Waals surface area contributed by atoms with Crippen molar-refractivity contribution in [3.05, 3.63) is 120 Å². The highest BCUT2D eigenvalue weighted by Gasteiger charge is 2.41. The minimum Gasteiger partial charge on any atom is -0.508 e. The number of phenolic OH excluding ortho intramolecular Hbond substituents is 1. The molecule has 46 heteroatoms. The summed E-state index contributed by atoms with van der Waals surface area (Å²) in [7, 11) is 0. The van der Waals surface area contributed by atoms with Gasteiger partial charge in [0.2, 0.25) is 82.7 Å². The first-order valence-electron chi connectivity index (χ1n) is 43.1. The molecule has 2 heterocycles. The Kier molecular flexibility index (Phi) is 46.0. The van der Waals surface area contributed by atoms with Gasteiger partial charge in [-0.25, -0.2) is 9.78 Å². The maximum Gasteiger partial charge on any atom is 0.326 e. The summed E-state index contributed by atoms with van der Waals surface area (Å²) in [5.74, 6) is -27.8. The van der Waals surface area contributed by atoms with Gasteiger partial charge < -0.3 is 125 Å². The second-order valence-electron chi connectivity index (χ2n) is 32.9. The fourth-order valence-electron chi connectivity index (χ4n) is 13.4. The van der Waals surface area contributed by atoms with Gasteiger partial charge in [0.15, 0.2) is 0 Å². The Morgan fingerprint density at radius 2 is 0.739 bits per heavy atom. The highest BCUT2D eigenvalue weighted by atomic mass is 16.4. The van der Waals surface area contributed by atoms with Gasteiger partial charge in [-0.2, -0.15) is 0 Å². The van der Waals surface area contributed by atoms with E-state index in [0.717, 1.165) is 24.8 Å². The molecule has 14 amide bonds. The number of aliphatic carboxylic acids is 7. The normalized spacial score (nSPS) is 14.6. The molecular formula is C88H121N17O29. The van der Waals surface area contributed by atoms with Crippen LogP contribution in [-0.2, 0) is 126 Å². The number of benzene rings is 3. The monoisotopic (exact) mass is 1880 g/mol. The maximum atomic E-state index is 15.0. The molecule has 732 valence electrons. The van der Waals surface area contributed by atoms with Crippen LogP contribution in [0.15, 0.2) is 97.6 Å². The molecule has 24 N–H and O–H groups in total. The Balaban J connectivity index is 0.00000919. The van der Waals surface area contributed by atoms with Crippen LogP contribution in [0, 0.1) is 23.7 Å². The minimum absolute atomic E-state index is 0.133. The van der Waals surface area contributed by atoms with Crippen LogP contribution in [0.1, 0.15) is 169 Å². The van der Waals surface area contributed by atoms with E-state index in [9.17, 15) is 127 Å². The Morgan fingerprint density at radius 1 is 0.358 bits per heavy atom. The molecule has 0 saturated carbocycles. The van der Waals surface area contributed by atoms with E-state index in [-0.39, 0.29) is 50.0 Å². The molecule has 46 nitrogen and oxygen atoms in total. The number of nitrogens with one attached hydrogen (secondary N) is 16. The van der Waals surface area contributed by atoms with E-state index in [0.29, 0.717) is 23.1 Å². The second kappa shape index (κ2) is 55.3. The van der Waals surface area contributed by atoms with Gasteiger partial charge in [0.1, 0.15) is 90.3 Å². The Bertz CT molecular complexity index is 4930. The summed E-state index contributed by atoms with van der Waals surface area (Å²) < 4.78 is 0. The third kappa shape index (κ3) is 39.0. The number of phenols is 1. The van der Waals surface area contributed by atoms with Crippen molar-refractivity contribution in [2.45, 2.75) is 257 Å². The maximum absolute atomic E-state index is 15.0. The van der Waals surface area contributed by atoms with Gasteiger partial charge in [0.05, 0.1) is 31.3 Å². The van der Waals surface area contributed by atoms with Crippen molar-refractivity contribution in [1.29, 1.82) is 0 Å². The number of carboxylic acids is 7. The quantitative estimate of drug-likeness (QED) is 0.0227. The molecule has 0 spiro atoms. The highest BCUT2D eigenvalue weighted by molar-refractivity contribution is 6.02. The van der Waals surface area contributed by atoms with Gasteiger partial charge in [-0.1, -0.05) is 129 Å². The van der Waals surface area contributed by atoms with Gasteiger partial charge in [0, 0.05) is 75.2 Å². The van der Waals surface area contributed by atoms with E-state index < -0.39 is 284 Å². The minimum atomic E-state index is -1.95. The summed E-state index contributed by atoms with van der Waals surface area (Å²) in [6.45, 7) is 16.4. The number of imidazole rings is 1. The molecule has 5 rings (SSSR count). The molecule has 3 aromatic carbocycles. The number of aromatic nitrogens is 3. The summed E-state index contributed by atoms with van der Waals surface area (Å²) in [4.78, 5) is 289. The van der Waals surface area contributed by atoms with Crippen molar-refractivity contribution in [3.8, 4) is 5.75 Å². The van der Waals surface area contributed by atoms with Gasteiger partial charge in [-0.05, 0) is 91.7 Å². The SMILES string of the molecule is CC(=O)O.CCC(C)C(NC(=O)C(CC(=O)O)NC(=O)C(CC(C)C)NC(=O)C(Cc1c[nH]cn1)NC(=O)C(C)NC(=O)C(Cc1ccccc1)NC(=O)C(Cc1ccc(O)cc1)NC(=O)C(NC(=O)C(C)NC(=O)C(CCC(=O)O)NC(=O)C(CCC(=O)O)NC(=O)C(CC(=O)O)NC(=O)CCC(=O)O)C(C)C)C(=O)NC(C(=O)NC(Cc1c[nH]c2ccccc12)C(=O)O)C(C)CC. The van der Waals surface area contributed by atoms with E-state index in [4.69, 9.17) is 15.0 Å². The zero-order valence-electron chi connectivity index (χ0n) is 75.8. The Labute approximate surface area is 769 Å². The van der Waals surface area contributed by atoms with Crippen molar-refractivity contribution in [2.75, 3.05) is 0 Å². The summed E-state index contributed by atoms with van der Waals surface area (Å²) in [5.41, 5.74) is 2.31. The number of hydrogen-bond donors (Lipinski definition) is 24. The van der Waals surface area contributed by atoms with E-state index in [1.807, 2.05) is 5.32 Å². The number of rotatable bonds is 56.